The molecule has 1 spiro atoms. The molecule has 0 atom stereocenters. The van der Waals surface area contributed by atoms with Crippen molar-refractivity contribution in [3.8, 4) is 0 Å². The van der Waals surface area contributed by atoms with Crippen molar-refractivity contribution in [3.63, 3.8) is 0 Å². The van der Waals surface area contributed by atoms with Gasteiger partial charge < -0.3 is 9.64 Å². The minimum Gasteiger partial charge on any atom is -0.462 e. The van der Waals surface area contributed by atoms with Crippen LogP contribution < -0.4 is 0 Å². The number of esters is 1. The third-order valence-electron chi connectivity index (χ3n) is 3.76. The lowest BCUT2D eigenvalue weighted by molar-refractivity contribution is -0.175. The molecule has 1 heterocycles. The highest BCUT2D eigenvalue weighted by Gasteiger charge is 2.51. The molecule has 0 aromatic heterocycles. The Morgan fingerprint density at radius 2 is 2.06 bits per heavy atom. The van der Waals surface area contributed by atoms with Gasteiger partial charge in [-0.25, -0.2) is 4.79 Å². The van der Waals surface area contributed by atoms with Crippen LogP contribution in [0, 0.1) is 5.92 Å². The van der Waals surface area contributed by atoms with Gasteiger partial charge in [-0.05, 0) is 18.8 Å². The summed E-state index contributed by atoms with van der Waals surface area (Å²) < 4.78 is 5.17. The molecule has 4 heteroatoms. The summed E-state index contributed by atoms with van der Waals surface area (Å²) in [5.74, 6) is 0.260. The number of carbonyl (C=O) groups is 2. The van der Waals surface area contributed by atoms with Crippen LogP contribution in [0.3, 0.4) is 0 Å². The summed E-state index contributed by atoms with van der Waals surface area (Å²) in [6, 6.07) is 0. The van der Waals surface area contributed by atoms with Gasteiger partial charge in [0, 0.05) is 6.42 Å². The Kier molecular flexibility index (Phi) is 3.40. The molecular formula is C13H21NO3. The van der Waals surface area contributed by atoms with Gasteiger partial charge in [-0.15, -0.1) is 0 Å². The zero-order valence-corrected chi connectivity index (χ0v) is 10.7. The number of carbonyl (C=O) groups excluding carboxylic acids is 2. The molecule has 2 aliphatic rings. The highest BCUT2D eigenvalue weighted by molar-refractivity contribution is 5.89. The van der Waals surface area contributed by atoms with Gasteiger partial charge >= 0.3 is 5.97 Å². The van der Waals surface area contributed by atoms with Crippen molar-refractivity contribution < 1.29 is 14.3 Å². The van der Waals surface area contributed by atoms with Crippen molar-refractivity contribution >= 4 is 11.9 Å². The van der Waals surface area contributed by atoms with Crippen LogP contribution in [0.15, 0.2) is 0 Å². The molecule has 1 amide bonds. The summed E-state index contributed by atoms with van der Waals surface area (Å²) in [6.45, 7) is 4.98. The second-order valence-corrected chi connectivity index (χ2v) is 5.52. The van der Waals surface area contributed by atoms with E-state index in [1.54, 1.807) is 4.90 Å². The van der Waals surface area contributed by atoms with Crippen molar-refractivity contribution in [3.05, 3.63) is 0 Å². The zero-order chi connectivity index (χ0) is 12.5. The van der Waals surface area contributed by atoms with E-state index < -0.39 is 5.54 Å². The van der Waals surface area contributed by atoms with E-state index in [1.165, 1.54) is 0 Å². The topological polar surface area (TPSA) is 46.6 Å². The number of hydrogen-bond donors (Lipinski definition) is 0. The lowest BCUT2D eigenvalue weighted by Gasteiger charge is -2.42. The predicted molar refractivity (Wildman–Crippen MR) is 63.3 cm³/mol. The van der Waals surface area contributed by atoms with Gasteiger partial charge in [-0.3, -0.25) is 4.79 Å². The molecule has 2 fully saturated rings. The maximum atomic E-state index is 12.2. The van der Waals surface area contributed by atoms with Crippen LogP contribution in [0.5, 0.6) is 0 Å². The van der Waals surface area contributed by atoms with Crippen molar-refractivity contribution in [2.45, 2.75) is 51.5 Å². The first-order valence-corrected chi connectivity index (χ1v) is 6.54. The Morgan fingerprint density at radius 1 is 1.41 bits per heavy atom. The molecule has 0 radical (unpaired) electrons. The van der Waals surface area contributed by atoms with Gasteiger partial charge in [0.2, 0.25) is 5.91 Å². The van der Waals surface area contributed by atoms with Crippen LogP contribution in [-0.2, 0) is 14.3 Å². The van der Waals surface area contributed by atoms with Gasteiger partial charge in [0.15, 0.2) is 0 Å². The predicted octanol–water partition coefficient (Wildman–Crippen LogP) is 1.73. The summed E-state index contributed by atoms with van der Waals surface area (Å²) in [6.07, 6.45) is 4.10. The molecule has 17 heavy (non-hydrogen) atoms. The first-order chi connectivity index (χ1) is 8.06. The Bertz CT molecular complexity index is 319. The molecule has 0 unspecified atom stereocenters. The minimum atomic E-state index is -0.621. The highest BCUT2D eigenvalue weighted by Crippen LogP contribution is 2.38. The van der Waals surface area contributed by atoms with E-state index in [4.69, 9.17) is 4.74 Å². The normalized spacial score (nSPS) is 23.2. The van der Waals surface area contributed by atoms with Crippen LogP contribution in [0.2, 0.25) is 0 Å². The fourth-order valence-electron chi connectivity index (χ4n) is 2.94. The van der Waals surface area contributed by atoms with Crippen LogP contribution >= 0.6 is 0 Å². The summed E-state index contributed by atoms with van der Waals surface area (Å²) in [5.41, 5.74) is -0.621. The van der Waals surface area contributed by atoms with Crippen molar-refractivity contribution in [1.29, 1.82) is 0 Å². The maximum absolute atomic E-state index is 12.2. The Hall–Kier alpha value is -1.06. The monoisotopic (exact) mass is 239 g/mol. The van der Waals surface area contributed by atoms with E-state index in [0.29, 0.717) is 25.5 Å². The number of hydrogen-bond acceptors (Lipinski definition) is 3. The number of nitrogens with zero attached hydrogens (tertiary/aromatic N) is 1. The lowest BCUT2D eigenvalue weighted by Crippen LogP contribution is -2.60. The summed E-state index contributed by atoms with van der Waals surface area (Å²) in [7, 11) is 0. The number of amides is 1. The van der Waals surface area contributed by atoms with Gasteiger partial charge in [0.25, 0.3) is 0 Å². The molecule has 0 aromatic rings. The summed E-state index contributed by atoms with van der Waals surface area (Å²) in [4.78, 5) is 26.0. The number of rotatable bonds is 2. The van der Waals surface area contributed by atoms with Crippen molar-refractivity contribution in [2.24, 2.45) is 5.92 Å². The summed E-state index contributed by atoms with van der Waals surface area (Å²) in [5, 5.41) is 0. The van der Waals surface area contributed by atoms with Gasteiger partial charge in [0.05, 0.1) is 6.54 Å². The molecule has 96 valence electrons. The smallest absolute Gasteiger partial charge is 0.332 e. The average Bonchev–Trinajstić information content (AvgIpc) is 2.71. The average molecular weight is 239 g/mol. The minimum absolute atomic E-state index is 0.110. The Morgan fingerprint density at radius 3 is 2.65 bits per heavy atom. The number of morpholine rings is 1. The van der Waals surface area contributed by atoms with Crippen LogP contribution in [-0.4, -0.2) is 35.5 Å². The van der Waals surface area contributed by atoms with E-state index in [-0.39, 0.29) is 11.9 Å². The highest BCUT2D eigenvalue weighted by atomic mass is 16.5. The molecule has 1 aliphatic carbocycles. The largest absolute Gasteiger partial charge is 0.462 e. The molecule has 0 N–H and O–H groups in total. The molecule has 1 aliphatic heterocycles. The van der Waals surface area contributed by atoms with E-state index in [1.807, 2.05) is 13.8 Å². The zero-order valence-electron chi connectivity index (χ0n) is 10.7. The summed E-state index contributed by atoms with van der Waals surface area (Å²) >= 11 is 0. The van der Waals surface area contributed by atoms with E-state index >= 15 is 0 Å². The third kappa shape index (κ3) is 2.17. The standard InChI is InChI=1S/C13H21NO3/c1-10(2)9-11(15)14-7-8-17-12(16)13(14)5-3-4-6-13/h10H,3-9H2,1-2H3. The molecule has 0 bridgehead atoms. The number of cyclic esters (lactones) is 1. The number of ether oxygens (including phenoxy) is 1. The van der Waals surface area contributed by atoms with Gasteiger partial charge in [0.1, 0.15) is 12.1 Å². The van der Waals surface area contributed by atoms with E-state index in [9.17, 15) is 9.59 Å². The van der Waals surface area contributed by atoms with Crippen molar-refractivity contribution in [1.82, 2.24) is 4.90 Å². The van der Waals surface area contributed by atoms with Crippen LogP contribution in [0.25, 0.3) is 0 Å². The molecule has 1 saturated heterocycles. The molecule has 4 nitrogen and oxygen atoms in total. The third-order valence-corrected chi connectivity index (χ3v) is 3.76. The van der Waals surface area contributed by atoms with E-state index in [2.05, 4.69) is 0 Å². The van der Waals surface area contributed by atoms with Crippen LogP contribution in [0.4, 0.5) is 0 Å². The van der Waals surface area contributed by atoms with Crippen molar-refractivity contribution in [2.75, 3.05) is 13.2 Å². The first kappa shape index (κ1) is 12.4. The van der Waals surface area contributed by atoms with Crippen LogP contribution in [0.1, 0.15) is 46.0 Å². The van der Waals surface area contributed by atoms with Gasteiger partial charge in [-0.1, -0.05) is 26.7 Å². The first-order valence-electron chi connectivity index (χ1n) is 6.54. The quantitative estimate of drug-likeness (QED) is 0.689. The Balaban J connectivity index is 2.18. The SMILES string of the molecule is CC(C)CC(=O)N1CCOC(=O)C12CCCC2. The molecule has 1 saturated carbocycles. The fourth-order valence-corrected chi connectivity index (χ4v) is 2.94. The van der Waals surface area contributed by atoms with Gasteiger partial charge in [-0.2, -0.15) is 0 Å². The maximum Gasteiger partial charge on any atom is 0.332 e. The second kappa shape index (κ2) is 4.67. The lowest BCUT2D eigenvalue weighted by atomic mass is 9.92. The fraction of sp³-hybridized carbons (Fsp3) is 0.846. The molecule has 2 rings (SSSR count). The molecule has 0 aromatic carbocycles. The van der Waals surface area contributed by atoms with E-state index in [0.717, 1.165) is 25.7 Å². The second-order valence-electron chi connectivity index (χ2n) is 5.52. The molecular weight excluding hydrogens is 218 g/mol. The Labute approximate surface area is 102 Å².